The summed E-state index contributed by atoms with van der Waals surface area (Å²) in [6.45, 7) is 5.31. The summed E-state index contributed by atoms with van der Waals surface area (Å²) in [7, 11) is 3.14. The summed E-state index contributed by atoms with van der Waals surface area (Å²) >= 11 is 0. The lowest BCUT2D eigenvalue weighted by Crippen LogP contribution is -2.39. The van der Waals surface area contributed by atoms with Gasteiger partial charge in [-0.15, -0.1) is 0 Å². The maximum Gasteiger partial charge on any atom is 0.313 e. The van der Waals surface area contributed by atoms with Crippen LogP contribution in [0.2, 0.25) is 0 Å². The molecule has 1 rings (SSSR count). The largest absolute Gasteiger partial charge is 0.469 e. The van der Waals surface area contributed by atoms with Gasteiger partial charge in [-0.1, -0.05) is 12.1 Å². The topological polar surface area (TPSA) is 38.3 Å². The van der Waals surface area contributed by atoms with Crippen LogP contribution >= 0.6 is 0 Å². The third-order valence-electron chi connectivity index (χ3n) is 3.24. The zero-order valence-electron chi connectivity index (χ0n) is 11.5. The standard InChI is InChI=1S/C14H20FNO2/c1-9-8-10(6-7-11(9)15)12(16-4)14(2,3)13(17)18-5/h6-8,12,16H,1-5H3. The Labute approximate surface area is 107 Å². The third-order valence-corrected chi connectivity index (χ3v) is 3.24. The Hall–Kier alpha value is -1.42. The maximum absolute atomic E-state index is 13.3. The number of ether oxygens (including phenoxy) is 1. The highest BCUT2D eigenvalue weighted by molar-refractivity contribution is 5.77. The van der Waals surface area contributed by atoms with Crippen molar-refractivity contribution < 1.29 is 13.9 Å². The van der Waals surface area contributed by atoms with Gasteiger partial charge in [-0.05, 0) is 45.0 Å². The lowest BCUT2D eigenvalue weighted by atomic mass is 9.80. The number of methoxy groups -OCH3 is 1. The summed E-state index contributed by atoms with van der Waals surface area (Å²) in [6.07, 6.45) is 0. The van der Waals surface area contributed by atoms with Crippen LogP contribution in [0.15, 0.2) is 18.2 Å². The molecule has 0 radical (unpaired) electrons. The van der Waals surface area contributed by atoms with Gasteiger partial charge >= 0.3 is 5.97 Å². The van der Waals surface area contributed by atoms with E-state index in [4.69, 9.17) is 4.74 Å². The summed E-state index contributed by atoms with van der Waals surface area (Å²) in [6, 6.07) is 4.63. The van der Waals surface area contributed by atoms with Gasteiger partial charge in [-0.3, -0.25) is 4.79 Å². The molecule has 0 aliphatic carbocycles. The molecule has 0 saturated heterocycles. The Bertz CT molecular complexity index is 443. The van der Waals surface area contributed by atoms with E-state index >= 15 is 0 Å². The van der Waals surface area contributed by atoms with Gasteiger partial charge in [0.25, 0.3) is 0 Å². The normalized spacial score (nSPS) is 13.2. The van der Waals surface area contributed by atoms with Gasteiger partial charge < -0.3 is 10.1 Å². The first-order valence-corrected chi connectivity index (χ1v) is 5.86. The number of carbonyl (C=O) groups excluding carboxylic acids is 1. The van der Waals surface area contributed by atoms with Crippen LogP contribution in [0.1, 0.15) is 31.0 Å². The maximum atomic E-state index is 13.3. The SMILES string of the molecule is CNC(c1ccc(F)c(C)c1)C(C)(C)C(=O)OC. The zero-order chi connectivity index (χ0) is 13.9. The van der Waals surface area contributed by atoms with E-state index in [1.165, 1.54) is 13.2 Å². The summed E-state index contributed by atoms with van der Waals surface area (Å²) in [5, 5.41) is 3.10. The fraction of sp³-hybridized carbons (Fsp3) is 0.500. The number of hydrogen-bond acceptors (Lipinski definition) is 3. The van der Waals surface area contributed by atoms with Crippen LogP contribution in [0.3, 0.4) is 0 Å². The van der Waals surface area contributed by atoms with Crippen molar-refractivity contribution in [3.8, 4) is 0 Å². The van der Waals surface area contributed by atoms with Crippen LogP contribution in [0.5, 0.6) is 0 Å². The van der Waals surface area contributed by atoms with Crippen LogP contribution in [-0.2, 0) is 9.53 Å². The van der Waals surface area contributed by atoms with E-state index in [9.17, 15) is 9.18 Å². The van der Waals surface area contributed by atoms with Gasteiger partial charge in [0.1, 0.15) is 5.82 Å². The molecule has 1 atom stereocenters. The third kappa shape index (κ3) is 2.70. The summed E-state index contributed by atoms with van der Waals surface area (Å²) in [4.78, 5) is 11.8. The fourth-order valence-electron chi connectivity index (χ4n) is 2.17. The molecule has 0 spiro atoms. The van der Waals surface area contributed by atoms with Gasteiger partial charge in [-0.25, -0.2) is 4.39 Å². The molecule has 100 valence electrons. The van der Waals surface area contributed by atoms with Gasteiger partial charge in [0.05, 0.1) is 12.5 Å². The molecule has 0 aromatic heterocycles. The summed E-state index contributed by atoms with van der Waals surface area (Å²) in [5.41, 5.74) is 0.702. The lowest BCUT2D eigenvalue weighted by Gasteiger charge is -2.32. The Morgan fingerprint density at radius 2 is 2.06 bits per heavy atom. The number of halogens is 1. The predicted molar refractivity (Wildman–Crippen MR) is 68.7 cm³/mol. The molecule has 1 aromatic rings. The highest BCUT2D eigenvalue weighted by Gasteiger charge is 2.38. The second-order valence-electron chi connectivity index (χ2n) is 4.94. The van der Waals surface area contributed by atoms with Crippen LogP contribution in [0.25, 0.3) is 0 Å². The molecule has 0 heterocycles. The quantitative estimate of drug-likeness (QED) is 0.838. The molecule has 0 fully saturated rings. The molecule has 18 heavy (non-hydrogen) atoms. The van der Waals surface area contributed by atoms with E-state index < -0.39 is 5.41 Å². The smallest absolute Gasteiger partial charge is 0.313 e. The second-order valence-corrected chi connectivity index (χ2v) is 4.94. The highest BCUT2D eigenvalue weighted by atomic mass is 19.1. The molecule has 3 nitrogen and oxygen atoms in total. The van der Waals surface area contributed by atoms with Crippen LogP contribution in [0, 0.1) is 18.2 Å². The number of benzene rings is 1. The number of hydrogen-bond donors (Lipinski definition) is 1. The van der Waals surface area contributed by atoms with E-state index in [-0.39, 0.29) is 17.8 Å². The van der Waals surface area contributed by atoms with Crippen LogP contribution in [-0.4, -0.2) is 20.1 Å². The van der Waals surface area contributed by atoms with E-state index in [0.717, 1.165) is 5.56 Å². The number of carbonyl (C=O) groups is 1. The van der Waals surface area contributed by atoms with Crippen molar-refractivity contribution in [3.05, 3.63) is 35.1 Å². The molecule has 0 aliphatic rings. The van der Waals surface area contributed by atoms with Crippen molar-refractivity contribution >= 4 is 5.97 Å². The molecule has 1 unspecified atom stereocenters. The molecule has 0 saturated carbocycles. The van der Waals surface area contributed by atoms with Crippen molar-refractivity contribution in [1.82, 2.24) is 5.32 Å². The predicted octanol–water partition coefficient (Wildman–Crippen LogP) is 2.59. The average molecular weight is 253 g/mol. The summed E-state index contributed by atoms with van der Waals surface area (Å²) < 4.78 is 18.1. The number of aryl methyl sites for hydroxylation is 1. The van der Waals surface area contributed by atoms with Crippen molar-refractivity contribution in [1.29, 1.82) is 0 Å². The molecular weight excluding hydrogens is 233 g/mol. The van der Waals surface area contributed by atoms with Crippen molar-refractivity contribution in [3.63, 3.8) is 0 Å². The first kappa shape index (κ1) is 14.6. The molecular formula is C14H20FNO2. The Morgan fingerprint density at radius 1 is 1.44 bits per heavy atom. The molecule has 0 bridgehead atoms. The van der Waals surface area contributed by atoms with E-state index in [1.54, 1.807) is 40.0 Å². The zero-order valence-corrected chi connectivity index (χ0v) is 11.5. The Kier molecular flexibility index (Phi) is 4.46. The van der Waals surface area contributed by atoms with Crippen molar-refractivity contribution in [2.45, 2.75) is 26.8 Å². The second kappa shape index (κ2) is 5.48. The molecule has 4 heteroatoms. The molecule has 1 aromatic carbocycles. The Morgan fingerprint density at radius 3 is 2.50 bits per heavy atom. The minimum absolute atomic E-state index is 0.232. The number of rotatable bonds is 4. The first-order valence-electron chi connectivity index (χ1n) is 5.86. The molecule has 0 amide bonds. The lowest BCUT2D eigenvalue weighted by molar-refractivity contribution is -0.152. The molecule has 1 N–H and O–H groups in total. The average Bonchev–Trinajstić information content (AvgIpc) is 2.33. The molecule has 0 aliphatic heterocycles. The van der Waals surface area contributed by atoms with Gasteiger partial charge in [-0.2, -0.15) is 0 Å². The fourth-order valence-corrected chi connectivity index (χ4v) is 2.17. The first-order chi connectivity index (χ1) is 8.34. The van der Waals surface area contributed by atoms with Crippen molar-refractivity contribution in [2.75, 3.05) is 14.2 Å². The van der Waals surface area contributed by atoms with E-state index in [1.807, 2.05) is 0 Å². The van der Waals surface area contributed by atoms with Gasteiger partial charge in [0.15, 0.2) is 0 Å². The van der Waals surface area contributed by atoms with Crippen molar-refractivity contribution in [2.24, 2.45) is 5.41 Å². The van der Waals surface area contributed by atoms with E-state index in [0.29, 0.717) is 5.56 Å². The van der Waals surface area contributed by atoms with Gasteiger partial charge in [0.2, 0.25) is 0 Å². The van der Waals surface area contributed by atoms with Crippen LogP contribution in [0.4, 0.5) is 4.39 Å². The minimum atomic E-state index is -0.728. The number of esters is 1. The van der Waals surface area contributed by atoms with Gasteiger partial charge in [0, 0.05) is 6.04 Å². The summed E-state index contributed by atoms with van der Waals surface area (Å²) in [5.74, 6) is -0.548. The monoisotopic (exact) mass is 253 g/mol. The number of nitrogens with one attached hydrogen (secondary N) is 1. The van der Waals surface area contributed by atoms with E-state index in [2.05, 4.69) is 5.32 Å². The minimum Gasteiger partial charge on any atom is -0.469 e. The highest BCUT2D eigenvalue weighted by Crippen LogP contribution is 2.34. The Balaban J connectivity index is 3.17. The van der Waals surface area contributed by atoms with Crippen LogP contribution < -0.4 is 5.32 Å².